The Morgan fingerprint density at radius 1 is 1.32 bits per heavy atom. The summed E-state index contributed by atoms with van der Waals surface area (Å²) in [5, 5.41) is 11.0. The zero-order chi connectivity index (χ0) is 14.1. The molecule has 1 rings (SSSR count). The van der Waals surface area contributed by atoms with Crippen molar-refractivity contribution >= 4 is 11.9 Å². The van der Waals surface area contributed by atoms with Crippen LogP contribution < -0.4 is 5.32 Å². The minimum absolute atomic E-state index is 0.0288. The van der Waals surface area contributed by atoms with E-state index in [0.29, 0.717) is 12.0 Å². The van der Waals surface area contributed by atoms with Gasteiger partial charge in [0.15, 0.2) is 0 Å². The molecule has 1 amide bonds. The molecule has 0 aliphatic carbocycles. The monoisotopic (exact) mass is 261 g/mol. The number of methoxy groups -OCH3 is 1. The van der Waals surface area contributed by atoms with Crippen molar-refractivity contribution in [3.05, 3.63) is 35.4 Å². The third-order valence-electron chi connectivity index (χ3n) is 2.24. The molecule has 5 nitrogen and oxygen atoms in total. The van der Waals surface area contributed by atoms with E-state index in [1.54, 1.807) is 24.3 Å². The van der Waals surface area contributed by atoms with Crippen molar-refractivity contribution in [3.8, 4) is 11.8 Å². The number of amides is 1. The maximum absolute atomic E-state index is 11.6. The predicted octanol–water partition coefficient (Wildman–Crippen LogP) is 0.323. The van der Waals surface area contributed by atoms with Gasteiger partial charge in [0.1, 0.15) is 6.54 Å². The van der Waals surface area contributed by atoms with Gasteiger partial charge < -0.3 is 15.2 Å². The molecule has 0 aliphatic heterocycles. The number of esters is 1. The number of aliphatic hydroxyl groups is 1. The average molecular weight is 261 g/mol. The van der Waals surface area contributed by atoms with Crippen molar-refractivity contribution in [2.45, 2.75) is 6.42 Å². The van der Waals surface area contributed by atoms with Gasteiger partial charge in [0.2, 0.25) is 0 Å². The Kier molecular flexibility index (Phi) is 6.13. The third kappa shape index (κ3) is 5.23. The molecule has 0 unspecified atom stereocenters. The maximum atomic E-state index is 11.6. The minimum atomic E-state index is -0.500. The number of carbonyl (C=O) groups excluding carboxylic acids is 2. The lowest BCUT2D eigenvalue weighted by molar-refractivity contribution is -0.139. The summed E-state index contributed by atoms with van der Waals surface area (Å²) in [6.45, 7) is -0.131. The lowest BCUT2D eigenvalue weighted by Crippen LogP contribution is -2.30. The molecule has 0 aliphatic rings. The van der Waals surface area contributed by atoms with Crippen LogP contribution >= 0.6 is 0 Å². The van der Waals surface area contributed by atoms with Crippen molar-refractivity contribution < 1.29 is 19.4 Å². The second-order valence-corrected chi connectivity index (χ2v) is 3.61. The molecule has 5 heteroatoms. The Bertz CT molecular complexity index is 496. The van der Waals surface area contributed by atoms with Crippen LogP contribution in [0.2, 0.25) is 0 Å². The van der Waals surface area contributed by atoms with Gasteiger partial charge in [-0.1, -0.05) is 11.8 Å². The largest absolute Gasteiger partial charge is 0.468 e. The van der Waals surface area contributed by atoms with E-state index < -0.39 is 5.97 Å². The summed E-state index contributed by atoms with van der Waals surface area (Å²) in [7, 11) is 1.26. The Morgan fingerprint density at radius 2 is 2.00 bits per heavy atom. The fourth-order valence-corrected chi connectivity index (χ4v) is 1.25. The molecule has 19 heavy (non-hydrogen) atoms. The molecule has 0 radical (unpaired) electrons. The number of rotatable bonds is 4. The summed E-state index contributed by atoms with van der Waals surface area (Å²) in [6, 6.07) is 6.65. The first-order valence-corrected chi connectivity index (χ1v) is 5.72. The summed E-state index contributed by atoms with van der Waals surface area (Å²) in [5.41, 5.74) is 1.20. The van der Waals surface area contributed by atoms with Crippen LogP contribution in [0, 0.1) is 11.8 Å². The lowest BCUT2D eigenvalue weighted by Gasteiger charge is -2.03. The van der Waals surface area contributed by atoms with Gasteiger partial charge in [-0.05, 0) is 24.3 Å². The molecule has 0 atom stereocenters. The van der Waals surface area contributed by atoms with E-state index in [0.717, 1.165) is 5.56 Å². The second-order valence-electron chi connectivity index (χ2n) is 3.61. The van der Waals surface area contributed by atoms with Gasteiger partial charge in [-0.25, -0.2) is 0 Å². The lowest BCUT2D eigenvalue weighted by atomic mass is 10.1. The summed E-state index contributed by atoms with van der Waals surface area (Å²) >= 11 is 0. The molecule has 0 fully saturated rings. The van der Waals surface area contributed by atoms with Gasteiger partial charge >= 0.3 is 5.97 Å². The van der Waals surface area contributed by atoms with E-state index in [4.69, 9.17) is 5.11 Å². The first-order chi connectivity index (χ1) is 9.17. The van der Waals surface area contributed by atoms with Gasteiger partial charge in [0.25, 0.3) is 5.91 Å². The topological polar surface area (TPSA) is 75.6 Å². The predicted molar refractivity (Wildman–Crippen MR) is 69.4 cm³/mol. The third-order valence-corrected chi connectivity index (χ3v) is 2.24. The molecular formula is C14H15NO4. The van der Waals surface area contributed by atoms with Crippen LogP contribution in [-0.4, -0.2) is 37.2 Å². The zero-order valence-electron chi connectivity index (χ0n) is 10.6. The highest BCUT2D eigenvalue weighted by Gasteiger charge is 2.07. The van der Waals surface area contributed by atoms with Crippen LogP contribution in [0.3, 0.4) is 0 Å². The fourth-order valence-electron chi connectivity index (χ4n) is 1.25. The summed E-state index contributed by atoms with van der Waals surface area (Å²) in [4.78, 5) is 22.5. The van der Waals surface area contributed by atoms with Crippen LogP contribution in [-0.2, 0) is 9.53 Å². The number of aliphatic hydroxyl groups excluding tert-OH is 1. The molecule has 1 aromatic carbocycles. The smallest absolute Gasteiger partial charge is 0.325 e. The highest BCUT2D eigenvalue weighted by molar-refractivity contribution is 5.95. The number of nitrogens with one attached hydrogen (secondary N) is 1. The quantitative estimate of drug-likeness (QED) is 0.604. The van der Waals surface area contributed by atoms with Crippen LogP contribution in [0.4, 0.5) is 0 Å². The number of hydrogen-bond donors (Lipinski definition) is 2. The number of carbonyl (C=O) groups is 2. The van der Waals surface area contributed by atoms with Crippen molar-refractivity contribution in [2.75, 3.05) is 20.3 Å². The molecule has 0 heterocycles. The summed E-state index contributed by atoms with van der Waals surface area (Å²) < 4.78 is 4.42. The van der Waals surface area contributed by atoms with E-state index in [-0.39, 0.29) is 19.1 Å². The SMILES string of the molecule is COC(=O)CNC(=O)c1ccc(C#CCCO)cc1. The molecule has 1 aromatic rings. The first kappa shape index (κ1) is 14.7. The highest BCUT2D eigenvalue weighted by Crippen LogP contribution is 2.03. The molecule has 2 N–H and O–H groups in total. The second kappa shape index (κ2) is 7.90. The Hall–Kier alpha value is -2.32. The standard InChI is InChI=1S/C14H15NO4/c1-19-13(17)10-15-14(18)12-7-5-11(6-8-12)4-2-3-9-16/h5-8,16H,3,9-10H2,1H3,(H,15,18). The number of ether oxygens (including phenoxy) is 1. The van der Waals surface area contributed by atoms with Crippen molar-refractivity contribution in [1.29, 1.82) is 0 Å². The van der Waals surface area contributed by atoms with Crippen molar-refractivity contribution in [1.82, 2.24) is 5.32 Å². The summed E-state index contributed by atoms with van der Waals surface area (Å²) in [5.74, 6) is 4.79. The van der Waals surface area contributed by atoms with Gasteiger partial charge in [0.05, 0.1) is 13.7 Å². The van der Waals surface area contributed by atoms with E-state index in [2.05, 4.69) is 21.9 Å². The Labute approximate surface area is 111 Å². The average Bonchev–Trinajstić information content (AvgIpc) is 2.45. The van der Waals surface area contributed by atoms with Gasteiger partial charge in [-0.2, -0.15) is 0 Å². The van der Waals surface area contributed by atoms with Gasteiger partial charge in [0, 0.05) is 17.5 Å². The molecule has 0 spiro atoms. The normalized spacial score (nSPS) is 9.16. The minimum Gasteiger partial charge on any atom is -0.468 e. The van der Waals surface area contributed by atoms with Gasteiger partial charge in [-0.15, -0.1) is 0 Å². The highest BCUT2D eigenvalue weighted by atomic mass is 16.5. The summed E-state index contributed by atoms with van der Waals surface area (Å²) in [6.07, 6.45) is 0.418. The van der Waals surface area contributed by atoms with Crippen LogP contribution in [0.25, 0.3) is 0 Å². The number of hydrogen-bond acceptors (Lipinski definition) is 4. The Morgan fingerprint density at radius 3 is 2.58 bits per heavy atom. The van der Waals surface area contributed by atoms with Crippen molar-refractivity contribution in [2.24, 2.45) is 0 Å². The molecule has 0 saturated heterocycles. The maximum Gasteiger partial charge on any atom is 0.325 e. The van der Waals surface area contributed by atoms with Crippen molar-refractivity contribution in [3.63, 3.8) is 0 Å². The van der Waals surface area contributed by atoms with Gasteiger partial charge in [-0.3, -0.25) is 9.59 Å². The molecule has 0 bridgehead atoms. The molecule has 0 aromatic heterocycles. The van der Waals surface area contributed by atoms with Crippen LogP contribution in [0.15, 0.2) is 24.3 Å². The van der Waals surface area contributed by atoms with E-state index in [9.17, 15) is 9.59 Å². The number of benzene rings is 1. The van der Waals surface area contributed by atoms with Crippen LogP contribution in [0.1, 0.15) is 22.3 Å². The fraction of sp³-hybridized carbons (Fsp3) is 0.286. The van der Waals surface area contributed by atoms with E-state index >= 15 is 0 Å². The van der Waals surface area contributed by atoms with E-state index in [1.807, 2.05) is 0 Å². The van der Waals surface area contributed by atoms with E-state index in [1.165, 1.54) is 7.11 Å². The zero-order valence-corrected chi connectivity index (χ0v) is 10.6. The first-order valence-electron chi connectivity index (χ1n) is 5.72. The molecule has 0 saturated carbocycles. The van der Waals surface area contributed by atoms with Crippen LogP contribution in [0.5, 0.6) is 0 Å². The molecular weight excluding hydrogens is 246 g/mol. The Balaban J connectivity index is 2.59. The molecule has 100 valence electrons.